The average Bonchev–Trinajstić information content (AvgIpc) is 2.91. The van der Waals surface area contributed by atoms with E-state index in [0.717, 1.165) is 30.3 Å². The highest BCUT2D eigenvalue weighted by atomic mass is 16.3. The normalized spacial score (nSPS) is 12.9. The van der Waals surface area contributed by atoms with Crippen LogP contribution in [0.15, 0.2) is 28.9 Å². The van der Waals surface area contributed by atoms with Gasteiger partial charge in [0.15, 0.2) is 0 Å². The van der Waals surface area contributed by atoms with Gasteiger partial charge in [-0.2, -0.15) is 0 Å². The summed E-state index contributed by atoms with van der Waals surface area (Å²) >= 11 is 0. The van der Waals surface area contributed by atoms with E-state index in [1.54, 1.807) is 6.20 Å². The molecule has 2 aromatic rings. The molecule has 0 spiro atoms. The quantitative estimate of drug-likeness (QED) is 0.812. The number of rotatable bonds is 5. The molecule has 0 aliphatic heterocycles. The Morgan fingerprint density at radius 1 is 1.50 bits per heavy atom. The Balaban J connectivity index is 1.93. The molecule has 16 heavy (non-hydrogen) atoms. The minimum Gasteiger partial charge on any atom is -0.465 e. The van der Waals surface area contributed by atoms with E-state index < -0.39 is 0 Å². The lowest BCUT2D eigenvalue weighted by atomic mass is 10.2. The largest absolute Gasteiger partial charge is 0.465 e. The van der Waals surface area contributed by atoms with Crippen molar-refractivity contribution in [1.82, 2.24) is 15.3 Å². The van der Waals surface area contributed by atoms with Gasteiger partial charge in [0, 0.05) is 12.4 Å². The third kappa shape index (κ3) is 2.52. The summed E-state index contributed by atoms with van der Waals surface area (Å²) in [5.74, 6) is 2.89. The molecule has 1 atom stereocenters. The van der Waals surface area contributed by atoms with E-state index >= 15 is 0 Å². The first kappa shape index (κ1) is 11.0. The van der Waals surface area contributed by atoms with Crippen molar-refractivity contribution in [2.45, 2.75) is 32.9 Å². The summed E-state index contributed by atoms with van der Waals surface area (Å²) in [6, 6.07) is 4.22. The zero-order chi connectivity index (χ0) is 11.4. The van der Waals surface area contributed by atoms with Gasteiger partial charge in [0.2, 0.25) is 0 Å². The Labute approximate surface area is 95.1 Å². The lowest BCUT2D eigenvalue weighted by Gasteiger charge is -2.13. The predicted molar refractivity (Wildman–Crippen MR) is 61.9 cm³/mol. The molecule has 4 nitrogen and oxygen atoms in total. The summed E-state index contributed by atoms with van der Waals surface area (Å²) in [6.07, 6.45) is 4.61. The second-order valence-corrected chi connectivity index (χ2v) is 3.83. The Bertz CT molecular complexity index is 419. The Kier molecular flexibility index (Phi) is 3.41. The van der Waals surface area contributed by atoms with Crippen LogP contribution in [-0.2, 0) is 6.54 Å². The molecule has 0 saturated carbocycles. The fourth-order valence-corrected chi connectivity index (χ4v) is 1.71. The number of imidazole rings is 1. The molecule has 4 heteroatoms. The van der Waals surface area contributed by atoms with Crippen LogP contribution in [0.2, 0.25) is 0 Å². The molecule has 0 amide bonds. The van der Waals surface area contributed by atoms with Crippen molar-refractivity contribution in [1.29, 1.82) is 0 Å². The van der Waals surface area contributed by atoms with E-state index in [9.17, 15) is 0 Å². The van der Waals surface area contributed by atoms with E-state index in [1.165, 1.54) is 0 Å². The SMILES string of the molecule is CCC(NCc1ccc(C)o1)c1ncc[nH]1. The van der Waals surface area contributed by atoms with Crippen LogP contribution in [0.1, 0.15) is 36.7 Å². The molecule has 0 aliphatic carbocycles. The van der Waals surface area contributed by atoms with Gasteiger partial charge in [-0.25, -0.2) is 4.98 Å². The number of furan rings is 1. The summed E-state index contributed by atoms with van der Waals surface area (Å²) in [4.78, 5) is 7.38. The molecule has 0 saturated heterocycles. The minimum atomic E-state index is 0.250. The molecule has 0 bridgehead atoms. The first-order valence-corrected chi connectivity index (χ1v) is 5.57. The van der Waals surface area contributed by atoms with Crippen molar-refractivity contribution in [3.63, 3.8) is 0 Å². The molecule has 2 aromatic heterocycles. The second kappa shape index (κ2) is 4.99. The topological polar surface area (TPSA) is 53.9 Å². The summed E-state index contributed by atoms with van der Waals surface area (Å²) in [7, 11) is 0. The van der Waals surface area contributed by atoms with Gasteiger partial charge >= 0.3 is 0 Å². The Morgan fingerprint density at radius 3 is 2.94 bits per heavy atom. The molecule has 0 fully saturated rings. The van der Waals surface area contributed by atoms with Gasteiger partial charge in [-0.3, -0.25) is 0 Å². The van der Waals surface area contributed by atoms with Crippen molar-refractivity contribution in [3.05, 3.63) is 41.9 Å². The van der Waals surface area contributed by atoms with Crippen LogP contribution >= 0.6 is 0 Å². The third-order valence-electron chi connectivity index (χ3n) is 2.58. The highest BCUT2D eigenvalue weighted by molar-refractivity contribution is 5.06. The smallest absolute Gasteiger partial charge is 0.123 e. The molecule has 2 heterocycles. The fraction of sp³-hybridized carbons (Fsp3) is 0.417. The van der Waals surface area contributed by atoms with Gasteiger partial charge in [0.05, 0.1) is 12.6 Å². The van der Waals surface area contributed by atoms with Crippen LogP contribution in [0.4, 0.5) is 0 Å². The van der Waals surface area contributed by atoms with Crippen molar-refractivity contribution < 1.29 is 4.42 Å². The maximum absolute atomic E-state index is 5.50. The van der Waals surface area contributed by atoms with E-state index in [0.29, 0.717) is 0 Å². The summed E-state index contributed by atoms with van der Waals surface area (Å²) < 4.78 is 5.50. The van der Waals surface area contributed by atoms with Crippen LogP contribution in [0.3, 0.4) is 0 Å². The van der Waals surface area contributed by atoms with Gasteiger partial charge in [0.1, 0.15) is 17.3 Å². The molecular weight excluding hydrogens is 202 g/mol. The summed E-state index contributed by atoms with van der Waals surface area (Å²) in [5, 5.41) is 3.41. The second-order valence-electron chi connectivity index (χ2n) is 3.83. The number of nitrogens with zero attached hydrogens (tertiary/aromatic N) is 1. The van der Waals surface area contributed by atoms with E-state index in [2.05, 4.69) is 22.2 Å². The van der Waals surface area contributed by atoms with Crippen molar-refractivity contribution in [2.75, 3.05) is 0 Å². The van der Waals surface area contributed by atoms with Crippen LogP contribution in [0, 0.1) is 6.92 Å². The molecule has 86 valence electrons. The maximum Gasteiger partial charge on any atom is 0.123 e. The van der Waals surface area contributed by atoms with Crippen molar-refractivity contribution >= 4 is 0 Å². The summed E-state index contributed by atoms with van der Waals surface area (Å²) in [6.45, 7) is 4.81. The monoisotopic (exact) mass is 219 g/mol. The molecule has 0 aromatic carbocycles. The minimum absolute atomic E-state index is 0.250. The first-order valence-electron chi connectivity index (χ1n) is 5.57. The zero-order valence-electron chi connectivity index (χ0n) is 9.66. The number of aromatic amines is 1. The van der Waals surface area contributed by atoms with Gasteiger partial charge in [0.25, 0.3) is 0 Å². The lowest BCUT2D eigenvalue weighted by Crippen LogP contribution is -2.21. The number of H-pyrrole nitrogens is 1. The van der Waals surface area contributed by atoms with Gasteiger partial charge in [-0.05, 0) is 25.5 Å². The van der Waals surface area contributed by atoms with Crippen LogP contribution in [-0.4, -0.2) is 9.97 Å². The van der Waals surface area contributed by atoms with Crippen molar-refractivity contribution in [2.24, 2.45) is 0 Å². The van der Waals surface area contributed by atoms with E-state index in [1.807, 2.05) is 25.3 Å². The highest BCUT2D eigenvalue weighted by Crippen LogP contribution is 2.13. The van der Waals surface area contributed by atoms with Crippen LogP contribution in [0.5, 0.6) is 0 Å². The molecule has 1 unspecified atom stereocenters. The van der Waals surface area contributed by atoms with Crippen LogP contribution < -0.4 is 5.32 Å². The fourth-order valence-electron chi connectivity index (χ4n) is 1.71. The predicted octanol–water partition coefficient (Wildman–Crippen LogP) is 2.55. The maximum atomic E-state index is 5.50. The molecule has 0 aliphatic rings. The number of aryl methyl sites for hydroxylation is 1. The molecular formula is C12H17N3O. The van der Waals surface area contributed by atoms with E-state index in [-0.39, 0.29) is 6.04 Å². The Hall–Kier alpha value is -1.55. The zero-order valence-corrected chi connectivity index (χ0v) is 9.66. The van der Waals surface area contributed by atoms with Crippen LogP contribution in [0.25, 0.3) is 0 Å². The third-order valence-corrected chi connectivity index (χ3v) is 2.58. The number of hydrogen-bond donors (Lipinski definition) is 2. The van der Waals surface area contributed by atoms with Gasteiger partial charge in [-0.15, -0.1) is 0 Å². The number of nitrogens with one attached hydrogen (secondary N) is 2. The van der Waals surface area contributed by atoms with Gasteiger partial charge < -0.3 is 14.7 Å². The van der Waals surface area contributed by atoms with Gasteiger partial charge in [-0.1, -0.05) is 6.92 Å². The molecule has 2 N–H and O–H groups in total. The lowest BCUT2D eigenvalue weighted by molar-refractivity contribution is 0.424. The van der Waals surface area contributed by atoms with E-state index in [4.69, 9.17) is 4.42 Å². The summed E-state index contributed by atoms with van der Waals surface area (Å²) in [5.41, 5.74) is 0. The van der Waals surface area contributed by atoms with Crippen molar-refractivity contribution in [3.8, 4) is 0 Å². The molecule has 0 radical (unpaired) electrons. The molecule has 2 rings (SSSR count). The number of hydrogen-bond acceptors (Lipinski definition) is 3. The standard InChI is InChI=1S/C12H17N3O/c1-3-11(12-13-6-7-14-12)15-8-10-5-4-9(2)16-10/h4-7,11,15H,3,8H2,1-2H3,(H,13,14). The first-order chi connectivity index (χ1) is 7.79. The number of aromatic nitrogens is 2. The Morgan fingerprint density at radius 2 is 2.38 bits per heavy atom. The average molecular weight is 219 g/mol. The highest BCUT2D eigenvalue weighted by Gasteiger charge is 2.11.